The van der Waals surface area contributed by atoms with Gasteiger partial charge < -0.3 is 9.67 Å². The highest BCUT2D eigenvalue weighted by Gasteiger charge is 2.29. The van der Waals surface area contributed by atoms with Gasteiger partial charge >= 0.3 is 0 Å². The van der Waals surface area contributed by atoms with Crippen molar-refractivity contribution < 1.29 is 5.11 Å². The summed E-state index contributed by atoms with van der Waals surface area (Å²) in [6, 6.07) is 0.266. The molecule has 3 heterocycles. The number of piperidine rings is 1. The minimum atomic E-state index is -0.488. The highest BCUT2D eigenvalue weighted by Crippen LogP contribution is 2.30. The van der Waals surface area contributed by atoms with Crippen LogP contribution in [0.25, 0.3) is 0 Å². The number of hydrogen-bond donors (Lipinski definition) is 1. The molecular formula is C15H25N7O. The van der Waals surface area contributed by atoms with E-state index in [9.17, 15) is 5.11 Å². The Morgan fingerprint density at radius 2 is 2.04 bits per heavy atom. The average molecular weight is 319 g/mol. The van der Waals surface area contributed by atoms with Crippen LogP contribution in [0.5, 0.6) is 0 Å². The minimum Gasteiger partial charge on any atom is -0.385 e. The van der Waals surface area contributed by atoms with E-state index in [1.165, 1.54) is 0 Å². The molecule has 0 bridgehead atoms. The normalized spacial score (nSPS) is 18.7. The number of aromatic nitrogens is 6. The van der Waals surface area contributed by atoms with Gasteiger partial charge in [-0.05, 0) is 56.1 Å². The Balaban J connectivity index is 1.56. The lowest BCUT2D eigenvalue weighted by molar-refractivity contribution is 0.0481. The number of hydrogen-bond acceptors (Lipinski definition) is 6. The van der Waals surface area contributed by atoms with Gasteiger partial charge in [0.1, 0.15) is 11.9 Å². The Hall–Kier alpha value is -1.80. The van der Waals surface area contributed by atoms with Crippen molar-refractivity contribution in [3.63, 3.8) is 0 Å². The van der Waals surface area contributed by atoms with E-state index in [0.29, 0.717) is 0 Å². The van der Waals surface area contributed by atoms with Crippen molar-refractivity contribution in [2.75, 3.05) is 13.1 Å². The summed E-state index contributed by atoms with van der Waals surface area (Å²) in [6.07, 6.45) is 5.03. The van der Waals surface area contributed by atoms with Crippen molar-refractivity contribution in [2.45, 2.75) is 45.4 Å². The molecule has 1 fully saturated rings. The van der Waals surface area contributed by atoms with Crippen molar-refractivity contribution in [3.8, 4) is 0 Å². The summed E-state index contributed by atoms with van der Waals surface area (Å²) < 4.78 is 3.77. The van der Waals surface area contributed by atoms with Crippen LogP contribution < -0.4 is 0 Å². The third kappa shape index (κ3) is 3.42. The minimum absolute atomic E-state index is 0.258. The van der Waals surface area contributed by atoms with E-state index in [1.807, 2.05) is 22.5 Å². The van der Waals surface area contributed by atoms with Crippen LogP contribution in [-0.2, 0) is 13.6 Å². The molecule has 1 saturated heterocycles. The molecule has 23 heavy (non-hydrogen) atoms. The summed E-state index contributed by atoms with van der Waals surface area (Å²) in [5.74, 6) is 1.92. The first-order valence-corrected chi connectivity index (χ1v) is 8.20. The third-order valence-corrected chi connectivity index (χ3v) is 4.62. The number of aliphatic hydroxyl groups is 1. The standard InChI is InChI=1S/C15H25N7O/c1-11(2)22-13(17-18-19-22)10-21-7-4-12(5-8-21)14(23)15-16-6-9-20(15)3/h6,9,11-12,14,23H,4-5,7-8,10H2,1-3H3/t14-/m0/s1. The SMILES string of the molecule is CC(C)n1nnnc1CN1CCC([C@H](O)c2nccn2C)CC1. The van der Waals surface area contributed by atoms with Gasteiger partial charge in [0.15, 0.2) is 5.82 Å². The quantitative estimate of drug-likeness (QED) is 0.882. The molecule has 0 spiro atoms. The van der Waals surface area contributed by atoms with Crippen LogP contribution in [0.4, 0.5) is 0 Å². The summed E-state index contributed by atoms with van der Waals surface area (Å²) in [5.41, 5.74) is 0. The van der Waals surface area contributed by atoms with E-state index >= 15 is 0 Å². The maximum atomic E-state index is 10.5. The Morgan fingerprint density at radius 3 is 2.65 bits per heavy atom. The second-order valence-corrected chi connectivity index (χ2v) is 6.59. The molecular weight excluding hydrogens is 294 g/mol. The molecule has 2 aromatic rings. The molecule has 8 nitrogen and oxygen atoms in total. The number of imidazole rings is 1. The van der Waals surface area contributed by atoms with Gasteiger partial charge in [0.2, 0.25) is 0 Å². The van der Waals surface area contributed by atoms with Gasteiger partial charge in [0, 0.05) is 19.4 Å². The molecule has 1 N–H and O–H groups in total. The predicted molar refractivity (Wildman–Crippen MR) is 84.4 cm³/mol. The van der Waals surface area contributed by atoms with Crippen LogP contribution in [0, 0.1) is 5.92 Å². The number of rotatable bonds is 5. The van der Waals surface area contributed by atoms with Gasteiger partial charge in [-0.15, -0.1) is 5.10 Å². The first-order valence-electron chi connectivity index (χ1n) is 8.20. The fraction of sp³-hybridized carbons (Fsp3) is 0.733. The molecule has 0 amide bonds. The van der Waals surface area contributed by atoms with Crippen molar-refractivity contribution in [1.29, 1.82) is 0 Å². The zero-order valence-electron chi connectivity index (χ0n) is 14.0. The largest absolute Gasteiger partial charge is 0.385 e. The zero-order valence-corrected chi connectivity index (χ0v) is 14.0. The summed E-state index contributed by atoms with van der Waals surface area (Å²) >= 11 is 0. The Labute approximate surface area is 136 Å². The van der Waals surface area contributed by atoms with E-state index in [2.05, 4.69) is 39.3 Å². The van der Waals surface area contributed by atoms with Gasteiger partial charge in [-0.25, -0.2) is 9.67 Å². The first kappa shape index (κ1) is 16.1. The van der Waals surface area contributed by atoms with Crippen LogP contribution in [-0.4, -0.2) is 52.9 Å². The van der Waals surface area contributed by atoms with Crippen molar-refractivity contribution in [2.24, 2.45) is 13.0 Å². The number of aryl methyl sites for hydroxylation is 1. The van der Waals surface area contributed by atoms with Crippen LogP contribution in [0.1, 0.15) is 50.5 Å². The molecule has 0 radical (unpaired) electrons. The van der Waals surface area contributed by atoms with Crippen molar-refractivity contribution in [1.82, 2.24) is 34.7 Å². The predicted octanol–water partition coefficient (Wildman–Crippen LogP) is 0.933. The number of likely N-dealkylation sites (tertiary alicyclic amines) is 1. The molecule has 126 valence electrons. The van der Waals surface area contributed by atoms with Gasteiger partial charge in [-0.3, -0.25) is 4.90 Å². The second kappa shape index (κ2) is 6.76. The maximum Gasteiger partial charge on any atom is 0.165 e. The summed E-state index contributed by atoms with van der Waals surface area (Å²) in [7, 11) is 1.92. The van der Waals surface area contributed by atoms with Crippen LogP contribution in [0.3, 0.4) is 0 Å². The first-order chi connectivity index (χ1) is 11.1. The van der Waals surface area contributed by atoms with Gasteiger partial charge in [-0.1, -0.05) is 0 Å². The Morgan fingerprint density at radius 1 is 1.30 bits per heavy atom. The molecule has 8 heteroatoms. The smallest absolute Gasteiger partial charge is 0.165 e. The molecule has 1 aliphatic rings. The van der Waals surface area contributed by atoms with E-state index in [1.54, 1.807) is 6.20 Å². The number of tetrazole rings is 1. The molecule has 1 aliphatic heterocycles. The van der Waals surface area contributed by atoms with Gasteiger partial charge in [0.25, 0.3) is 0 Å². The summed E-state index contributed by atoms with van der Waals surface area (Å²) in [4.78, 5) is 6.62. The third-order valence-electron chi connectivity index (χ3n) is 4.62. The number of aliphatic hydroxyl groups excluding tert-OH is 1. The van der Waals surface area contributed by atoms with Crippen LogP contribution in [0.2, 0.25) is 0 Å². The topological polar surface area (TPSA) is 84.9 Å². The zero-order chi connectivity index (χ0) is 16.4. The second-order valence-electron chi connectivity index (χ2n) is 6.59. The average Bonchev–Trinajstić information content (AvgIpc) is 3.16. The lowest BCUT2D eigenvalue weighted by atomic mass is 9.90. The lowest BCUT2D eigenvalue weighted by Gasteiger charge is -2.33. The molecule has 0 unspecified atom stereocenters. The highest BCUT2D eigenvalue weighted by molar-refractivity contribution is 4.98. The maximum absolute atomic E-state index is 10.5. The molecule has 1 atom stereocenters. The Bertz CT molecular complexity index is 627. The van der Waals surface area contributed by atoms with E-state index in [4.69, 9.17) is 0 Å². The Kier molecular flexibility index (Phi) is 4.72. The molecule has 2 aromatic heterocycles. The van der Waals surface area contributed by atoms with Gasteiger partial charge in [-0.2, -0.15) is 0 Å². The molecule has 0 saturated carbocycles. The molecule has 0 aromatic carbocycles. The van der Waals surface area contributed by atoms with E-state index < -0.39 is 6.10 Å². The molecule has 3 rings (SSSR count). The monoisotopic (exact) mass is 319 g/mol. The van der Waals surface area contributed by atoms with Crippen LogP contribution in [0.15, 0.2) is 12.4 Å². The van der Waals surface area contributed by atoms with Crippen LogP contribution >= 0.6 is 0 Å². The lowest BCUT2D eigenvalue weighted by Crippen LogP contribution is -2.36. The van der Waals surface area contributed by atoms with Crippen molar-refractivity contribution >= 4 is 0 Å². The number of nitrogens with zero attached hydrogens (tertiary/aromatic N) is 7. The summed E-state index contributed by atoms with van der Waals surface area (Å²) in [6.45, 7) is 6.80. The van der Waals surface area contributed by atoms with E-state index in [0.717, 1.165) is 44.1 Å². The fourth-order valence-corrected chi connectivity index (χ4v) is 3.22. The molecule has 0 aliphatic carbocycles. The van der Waals surface area contributed by atoms with Crippen molar-refractivity contribution in [3.05, 3.63) is 24.0 Å². The summed E-state index contributed by atoms with van der Waals surface area (Å²) in [5, 5.41) is 22.5. The fourth-order valence-electron chi connectivity index (χ4n) is 3.22. The van der Waals surface area contributed by atoms with E-state index in [-0.39, 0.29) is 12.0 Å². The van der Waals surface area contributed by atoms with Gasteiger partial charge in [0.05, 0.1) is 12.6 Å². The highest BCUT2D eigenvalue weighted by atomic mass is 16.3.